The lowest BCUT2D eigenvalue weighted by atomic mass is 10.1. The van der Waals surface area contributed by atoms with Crippen LogP contribution in [0.3, 0.4) is 0 Å². The lowest BCUT2D eigenvalue weighted by Crippen LogP contribution is -2.43. The maximum absolute atomic E-state index is 11.2. The van der Waals surface area contributed by atoms with Crippen LogP contribution in [0.25, 0.3) is 0 Å². The van der Waals surface area contributed by atoms with E-state index in [1.165, 1.54) is 0 Å². The van der Waals surface area contributed by atoms with Crippen LogP contribution in [0.1, 0.15) is 20.8 Å². The molecule has 1 rings (SSSR count). The van der Waals surface area contributed by atoms with Crippen molar-refractivity contribution in [2.24, 2.45) is 0 Å². The van der Waals surface area contributed by atoms with Gasteiger partial charge in [-0.25, -0.2) is 5.43 Å². The molecule has 0 bridgehead atoms. The van der Waals surface area contributed by atoms with Crippen molar-refractivity contribution < 1.29 is 4.79 Å². The predicted molar refractivity (Wildman–Crippen MR) is 51.7 cm³/mol. The van der Waals surface area contributed by atoms with Gasteiger partial charge < -0.3 is 10.3 Å². The molecule has 2 N–H and O–H groups in total. The van der Waals surface area contributed by atoms with E-state index in [-0.39, 0.29) is 11.4 Å². The van der Waals surface area contributed by atoms with E-state index in [0.29, 0.717) is 6.54 Å². The van der Waals surface area contributed by atoms with E-state index in [9.17, 15) is 4.79 Å². The van der Waals surface area contributed by atoms with Gasteiger partial charge >= 0.3 is 0 Å². The van der Waals surface area contributed by atoms with Crippen molar-refractivity contribution in [1.82, 2.24) is 15.8 Å². The van der Waals surface area contributed by atoms with Crippen LogP contribution in [-0.4, -0.2) is 30.0 Å². The monoisotopic (exact) mass is 183 g/mol. The van der Waals surface area contributed by atoms with Gasteiger partial charge in [0.1, 0.15) is 0 Å². The van der Waals surface area contributed by atoms with Gasteiger partial charge in [0.15, 0.2) is 0 Å². The SMILES string of the molecule is CNC(=O)C1=CN(C(C)(C)C)NC1. The summed E-state index contributed by atoms with van der Waals surface area (Å²) >= 11 is 0. The number of hydrogen-bond donors (Lipinski definition) is 2. The average Bonchev–Trinajstić information content (AvgIpc) is 2.50. The van der Waals surface area contributed by atoms with Crippen molar-refractivity contribution in [2.45, 2.75) is 26.3 Å². The third-order valence-corrected chi connectivity index (χ3v) is 1.97. The number of amides is 1. The van der Waals surface area contributed by atoms with Crippen LogP contribution >= 0.6 is 0 Å². The number of nitrogens with one attached hydrogen (secondary N) is 2. The molecular weight excluding hydrogens is 166 g/mol. The van der Waals surface area contributed by atoms with E-state index in [2.05, 4.69) is 31.5 Å². The molecular formula is C9H17N3O. The van der Waals surface area contributed by atoms with E-state index in [4.69, 9.17) is 0 Å². The second kappa shape index (κ2) is 3.38. The highest BCUT2D eigenvalue weighted by molar-refractivity contribution is 5.93. The zero-order valence-electron chi connectivity index (χ0n) is 8.64. The van der Waals surface area contributed by atoms with Crippen molar-refractivity contribution in [1.29, 1.82) is 0 Å². The standard InChI is InChI=1S/C9H17N3O/c1-9(2,3)12-6-7(5-11-12)8(13)10-4/h6,11H,5H2,1-4H3,(H,10,13). The Morgan fingerprint density at radius 2 is 2.23 bits per heavy atom. The molecule has 4 heteroatoms. The Morgan fingerprint density at radius 1 is 1.62 bits per heavy atom. The van der Waals surface area contributed by atoms with Gasteiger partial charge in [0.05, 0.1) is 0 Å². The zero-order chi connectivity index (χ0) is 10.1. The van der Waals surface area contributed by atoms with Crippen LogP contribution in [0.4, 0.5) is 0 Å². The fraction of sp³-hybridized carbons (Fsp3) is 0.667. The zero-order valence-corrected chi connectivity index (χ0v) is 8.64. The molecule has 0 radical (unpaired) electrons. The van der Waals surface area contributed by atoms with Gasteiger partial charge in [-0.05, 0) is 20.8 Å². The highest BCUT2D eigenvalue weighted by Gasteiger charge is 2.25. The molecule has 0 aromatic carbocycles. The van der Waals surface area contributed by atoms with Gasteiger partial charge in [-0.15, -0.1) is 0 Å². The van der Waals surface area contributed by atoms with E-state index in [0.717, 1.165) is 5.57 Å². The minimum atomic E-state index is -0.0146. The minimum Gasteiger partial charge on any atom is -0.355 e. The summed E-state index contributed by atoms with van der Waals surface area (Å²) in [7, 11) is 1.64. The molecule has 0 aliphatic carbocycles. The fourth-order valence-electron chi connectivity index (χ4n) is 1.15. The summed E-state index contributed by atoms with van der Waals surface area (Å²) in [6.07, 6.45) is 1.86. The molecule has 4 nitrogen and oxygen atoms in total. The molecule has 1 heterocycles. The summed E-state index contributed by atoms with van der Waals surface area (Å²) in [4.78, 5) is 11.2. The molecule has 1 amide bonds. The van der Waals surface area contributed by atoms with Crippen LogP contribution in [0, 0.1) is 0 Å². The Kier molecular flexibility index (Phi) is 2.61. The first-order valence-electron chi connectivity index (χ1n) is 4.41. The van der Waals surface area contributed by atoms with Crippen molar-refractivity contribution in [3.8, 4) is 0 Å². The minimum absolute atomic E-state index is 0.00969. The number of carbonyl (C=O) groups excluding carboxylic acids is 1. The fourth-order valence-corrected chi connectivity index (χ4v) is 1.15. The van der Waals surface area contributed by atoms with Crippen LogP contribution in [0.5, 0.6) is 0 Å². The first-order valence-corrected chi connectivity index (χ1v) is 4.41. The van der Waals surface area contributed by atoms with Gasteiger partial charge in [-0.2, -0.15) is 0 Å². The molecule has 0 saturated carbocycles. The average molecular weight is 183 g/mol. The molecule has 1 aliphatic rings. The predicted octanol–water partition coefficient (Wildman–Crippen LogP) is 0.235. The molecule has 0 aromatic rings. The molecule has 0 atom stereocenters. The largest absolute Gasteiger partial charge is 0.355 e. The van der Waals surface area contributed by atoms with Crippen molar-refractivity contribution in [2.75, 3.05) is 13.6 Å². The number of carbonyl (C=O) groups is 1. The number of hydrogen-bond acceptors (Lipinski definition) is 3. The third-order valence-electron chi connectivity index (χ3n) is 1.97. The molecule has 13 heavy (non-hydrogen) atoms. The Labute approximate surface area is 79.0 Å². The van der Waals surface area contributed by atoms with Gasteiger partial charge in [0.2, 0.25) is 5.91 Å². The second-order valence-electron chi connectivity index (χ2n) is 4.11. The summed E-state index contributed by atoms with van der Waals surface area (Å²) in [5.41, 5.74) is 3.93. The maximum atomic E-state index is 11.2. The van der Waals surface area contributed by atoms with E-state index >= 15 is 0 Å². The summed E-state index contributed by atoms with van der Waals surface area (Å²) in [6, 6.07) is 0. The molecule has 1 aliphatic heterocycles. The van der Waals surface area contributed by atoms with Gasteiger partial charge in [0, 0.05) is 30.9 Å². The number of hydrazine groups is 1. The lowest BCUT2D eigenvalue weighted by Gasteiger charge is -2.31. The van der Waals surface area contributed by atoms with Crippen LogP contribution < -0.4 is 10.7 Å². The summed E-state index contributed by atoms with van der Waals surface area (Å²) in [6.45, 7) is 6.87. The Bertz CT molecular complexity index is 240. The highest BCUT2D eigenvalue weighted by atomic mass is 16.1. The lowest BCUT2D eigenvalue weighted by molar-refractivity contribution is -0.117. The molecule has 0 unspecified atom stereocenters. The molecule has 74 valence electrons. The van der Waals surface area contributed by atoms with Crippen molar-refractivity contribution in [3.63, 3.8) is 0 Å². The van der Waals surface area contributed by atoms with Crippen LogP contribution in [0.15, 0.2) is 11.8 Å². The van der Waals surface area contributed by atoms with E-state index in [1.54, 1.807) is 7.05 Å². The van der Waals surface area contributed by atoms with Crippen molar-refractivity contribution >= 4 is 5.91 Å². The molecule has 0 saturated heterocycles. The number of rotatable bonds is 1. The Hall–Kier alpha value is -1.03. The first-order chi connectivity index (χ1) is 5.95. The Balaban J connectivity index is 2.69. The summed E-state index contributed by atoms with van der Waals surface area (Å²) in [5.74, 6) is -0.0146. The van der Waals surface area contributed by atoms with Crippen LogP contribution in [-0.2, 0) is 4.79 Å². The highest BCUT2D eigenvalue weighted by Crippen LogP contribution is 2.16. The maximum Gasteiger partial charge on any atom is 0.249 e. The summed E-state index contributed by atoms with van der Waals surface area (Å²) < 4.78 is 0. The topological polar surface area (TPSA) is 44.4 Å². The summed E-state index contributed by atoms with van der Waals surface area (Å²) in [5, 5.41) is 4.56. The molecule has 0 aromatic heterocycles. The quantitative estimate of drug-likeness (QED) is 0.612. The second-order valence-corrected chi connectivity index (χ2v) is 4.11. The molecule has 0 spiro atoms. The Morgan fingerprint density at radius 3 is 2.62 bits per heavy atom. The molecule has 0 fully saturated rings. The first kappa shape index (κ1) is 10.1. The van der Waals surface area contributed by atoms with Crippen LogP contribution in [0.2, 0.25) is 0 Å². The normalized spacial score (nSPS) is 17.2. The van der Waals surface area contributed by atoms with E-state index in [1.807, 2.05) is 11.2 Å². The number of likely N-dealkylation sites (N-methyl/N-ethyl adjacent to an activating group) is 1. The third kappa shape index (κ3) is 2.21. The number of nitrogens with zero attached hydrogens (tertiary/aromatic N) is 1. The van der Waals surface area contributed by atoms with Gasteiger partial charge in [-0.1, -0.05) is 0 Å². The smallest absolute Gasteiger partial charge is 0.249 e. The van der Waals surface area contributed by atoms with Gasteiger partial charge in [-0.3, -0.25) is 4.79 Å². The van der Waals surface area contributed by atoms with Crippen molar-refractivity contribution in [3.05, 3.63) is 11.8 Å². The van der Waals surface area contributed by atoms with Gasteiger partial charge in [0.25, 0.3) is 0 Å². The van der Waals surface area contributed by atoms with E-state index < -0.39 is 0 Å².